The van der Waals surface area contributed by atoms with E-state index in [-0.39, 0.29) is 19.5 Å². The van der Waals surface area contributed by atoms with E-state index in [4.69, 9.17) is 13.8 Å². The van der Waals surface area contributed by atoms with Gasteiger partial charge in [-0.15, -0.1) is 0 Å². The molecule has 0 aromatic heterocycles. The SMILES string of the molecule is CCCCOC(=O)C=NCP(=O)(OCC)OCC. The van der Waals surface area contributed by atoms with Gasteiger partial charge in [-0.05, 0) is 20.3 Å². The second kappa shape index (κ2) is 10.2. The molecule has 0 saturated heterocycles. The fraction of sp³-hybridized carbons (Fsp3) is 0.818. The largest absolute Gasteiger partial charge is 0.461 e. The molecule has 0 aliphatic heterocycles. The summed E-state index contributed by atoms with van der Waals surface area (Å²) in [5, 5.41) is 0. The molecule has 0 heterocycles. The Bertz CT molecular complexity index is 296. The first-order chi connectivity index (χ1) is 8.58. The van der Waals surface area contributed by atoms with Gasteiger partial charge in [0.15, 0.2) is 0 Å². The Morgan fingerprint density at radius 1 is 1.22 bits per heavy atom. The minimum atomic E-state index is -3.21. The van der Waals surface area contributed by atoms with Crippen LogP contribution in [0.3, 0.4) is 0 Å². The van der Waals surface area contributed by atoms with E-state index in [2.05, 4.69) is 4.99 Å². The van der Waals surface area contributed by atoms with Gasteiger partial charge in [-0.3, -0.25) is 9.56 Å². The Morgan fingerprint density at radius 2 is 1.83 bits per heavy atom. The fourth-order valence-electron chi connectivity index (χ4n) is 1.08. The van der Waals surface area contributed by atoms with Crippen molar-refractivity contribution in [2.45, 2.75) is 33.6 Å². The average molecular weight is 279 g/mol. The normalized spacial score (nSPS) is 11.9. The van der Waals surface area contributed by atoms with Crippen molar-refractivity contribution in [3.63, 3.8) is 0 Å². The number of hydrogen-bond donors (Lipinski definition) is 0. The van der Waals surface area contributed by atoms with E-state index in [0.717, 1.165) is 19.1 Å². The molecule has 0 aliphatic rings. The minimum Gasteiger partial charge on any atom is -0.461 e. The number of aliphatic imine (C=N–C) groups is 1. The molecule has 0 aromatic carbocycles. The molecular weight excluding hydrogens is 257 g/mol. The summed E-state index contributed by atoms with van der Waals surface area (Å²) in [5.41, 5.74) is 0. The average Bonchev–Trinajstić information content (AvgIpc) is 2.30. The molecule has 18 heavy (non-hydrogen) atoms. The van der Waals surface area contributed by atoms with Gasteiger partial charge in [-0.2, -0.15) is 0 Å². The molecule has 106 valence electrons. The summed E-state index contributed by atoms with van der Waals surface area (Å²) < 4.78 is 26.8. The van der Waals surface area contributed by atoms with Gasteiger partial charge in [0.05, 0.1) is 19.8 Å². The molecule has 0 unspecified atom stereocenters. The van der Waals surface area contributed by atoms with Gasteiger partial charge in [0.2, 0.25) is 0 Å². The smallest absolute Gasteiger partial charge is 0.351 e. The maximum atomic E-state index is 11.9. The van der Waals surface area contributed by atoms with E-state index in [0.29, 0.717) is 6.61 Å². The standard InChI is InChI=1S/C11H22NO5P/c1-4-7-8-15-11(13)9-12-10-18(14,16-5-2)17-6-3/h9H,4-8,10H2,1-3H3. The third-order valence-corrected chi connectivity index (χ3v) is 3.66. The molecule has 0 rings (SSSR count). The Hall–Kier alpha value is -0.710. The van der Waals surface area contributed by atoms with Crippen molar-refractivity contribution in [1.29, 1.82) is 0 Å². The first kappa shape index (κ1) is 17.3. The molecule has 7 heteroatoms. The zero-order valence-corrected chi connectivity index (χ0v) is 12.2. The Labute approximate surface area is 108 Å². The lowest BCUT2D eigenvalue weighted by atomic mass is 10.4. The summed E-state index contributed by atoms with van der Waals surface area (Å²) in [4.78, 5) is 14.9. The zero-order valence-electron chi connectivity index (χ0n) is 11.3. The van der Waals surface area contributed by atoms with Gasteiger partial charge in [0, 0.05) is 0 Å². The number of hydrogen-bond acceptors (Lipinski definition) is 6. The predicted octanol–water partition coefficient (Wildman–Crippen LogP) is 2.62. The first-order valence-corrected chi connectivity index (χ1v) is 7.85. The van der Waals surface area contributed by atoms with Crippen LogP contribution < -0.4 is 0 Å². The summed E-state index contributed by atoms with van der Waals surface area (Å²) in [6.07, 6.45) is 2.61. The van der Waals surface area contributed by atoms with Gasteiger partial charge >= 0.3 is 13.6 Å². The topological polar surface area (TPSA) is 74.2 Å². The Kier molecular flexibility index (Phi) is 9.83. The van der Waals surface area contributed by atoms with Crippen LogP contribution in [0.25, 0.3) is 0 Å². The van der Waals surface area contributed by atoms with E-state index in [9.17, 15) is 9.36 Å². The zero-order chi connectivity index (χ0) is 13.9. The minimum absolute atomic E-state index is 0.169. The molecule has 0 atom stereocenters. The number of carbonyl (C=O) groups excluding carboxylic acids is 1. The highest BCUT2D eigenvalue weighted by Crippen LogP contribution is 2.47. The highest BCUT2D eigenvalue weighted by atomic mass is 31.2. The number of rotatable bonds is 10. The predicted molar refractivity (Wildman–Crippen MR) is 70.1 cm³/mol. The Balaban J connectivity index is 4.09. The molecular formula is C11H22NO5P. The number of nitrogens with zero attached hydrogens (tertiary/aromatic N) is 1. The molecule has 0 aromatic rings. The van der Waals surface area contributed by atoms with E-state index in [1.807, 2.05) is 6.92 Å². The lowest BCUT2D eigenvalue weighted by Crippen LogP contribution is -2.07. The van der Waals surface area contributed by atoms with Gasteiger partial charge in [-0.1, -0.05) is 13.3 Å². The molecule has 0 amide bonds. The quantitative estimate of drug-likeness (QED) is 0.266. The lowest BCUT2D eigenvalue weighted by Gasteiger charge is -2.14. The molecule has 6 nitrogen and oxygen atoms in total. The van der Waals surface area contributed by atoms with Gasteiger partial charge in [0.25, 0.3) is 0 Å². The maximum absolute atomic E-state index is 11.9. The first-order valence-electron chi connectivity index (χ1n) is 6.12. The van der Waals surface area contributed by atoms with E-state index in [1.54, 1.807) is 13.8 Å². The molecule has 0 radical (unpaired) electrons. The van der Waals surface area contributed by atoms with Crippen LogP contribution in [0.2, 0.25) is 0 Å². The van der Waals surface area contributed by atoms with E-state index < -0.39 is 13.6 Å². The highest BCUT2D eigenvalue weighted by molar-refractivity contribution is 7.53. The van der Waals surface area contributed by atoms with Gasteiger partial charge in [-0.25, -0.2) is 4.79 Å². The third-order valence-electron chi connectivity index (χ3n) is 1.85. The van der Waals surface area contributed by atoms with Crippen LogP contribution in [0.4, 0.5) is 0 Å². The van der Waals surface area contributed by atoms with Crippen molar-refractivity contribution in [3.05, 3.63) is 0 Å². The van der Waals surface area contributed by atoms with E-state index in [1.165, 1.54) is 0 Å². The molecule has 0 bridgehead atoms. The molecule has 0 spiro atoms. The van der Waals surface area contributed by atoms with Crippen molar-refractivity contribution < 1.29 is 23.1 Å². The summed E-state index contributed by atoms with van der Waals surface area (Å²) in [7, 11) is -3.21. The van der Waals surface area contributed by atoms with Crippen molar-refractivity contribution in [3.8, 4) is 0 Å². The molecule has 0 saturated carbocycles. The summed E-state index contributed by atoms with van der Waals surface area (Å²) >= 11 is 0. The lowest BCUT2D eigenvalue weighted by molar-refractivity contribution is -0.135. The van der Waals surface area contributed by atoms with Crippen molar-refractivity contribution in [2.24, 2.45) is 4.99 Å². The van der Waals surface area contributed by atoms with Crippen LogP contribution >= 0.6 is 7.60 Å². The highest BCUT2D eigenvalue weighted by Gasteiger charge is 2.22. The van der Waals surface area contributed by atoms with Crippen molar-refractivity contribution >= 4 is 19.8 Å². The second-order valence-corrected chi connectivity index (χ2v) is 5.44. The monoisotopic (exact) mass is 279 g/mol. The van der Waals surface area contributed by atoms with Gasteiger partial charge in [0.1, 0.15) is 12.5 Å². The van der Waals surface area contributed by atoms with E-state index >= 15 is 0 Å². The van der Waals surface area contributed by atoms with Crippen molar-refractivity contribution in [2.75, 3.05) is 26.1 Å². The molecule has 0 aliphatic carbocycles. The van der Waals surface area contributed by atoms with Crippen molar-refractivity contribution in [1.82, 2.24) is 0 Å². The number of esters is 1. The summed E-state index contributed by atoms with van der Waals surface area (Å²) in [5.74, 6) is -0.539. The number of ether oxygens (including phenoxy) is 1. The van der Waals surface area contributed by atoms with Crippen LogP contribution in [-0.4, -0.2) is 38.3 Å². The number of carbonyl (C=O) groups is 1. The second-order valence-electron chi connectivity index (χ2n) is 3.42. The Morgan fingerprint density at radius 3 is 2.33 bits per heavy atom. The van der Waals surface area contributed by atoms with Crippen LogP contribution in [0, 0.1) is 0 Å². The maximum Gasteiger partial charge on any atom is 0.351 e. The van der Waals surface area contributed by atoms with Crippen LogP contribution in [0.5, 0.6) is 0 Å². The van der Waals surface area contributed by atoms with Gasteiger partial charge < -0.3 is 13.8 Å². The van der Waals surface area contributed by atoms with Crippen LogP contribution in [-0.2, 0) is 23.1 Å². The third kappa shape index (κ3) is 8.39. The fourth-order valence-corrected chi connectivity index (χ4v) is 2.39. The molecule has 0 N–H and O–H groups in total. The molecule has 0 fully saturated rings. The van der Waals surface area contributed by atoms with Crippen LogP contribution in [0.1, 0.15) is 33.6 Å². The number of unbranched alkanes of at least 4 members (excludes halogenated alkanes) is 1. The summed E-state index contributed by atoms with van der Waals surface area (Å²) in [6.45, 7) is 6.35. The van der Waals surface area contributed by atoms with Crippen LogP contribution in [0.15, 0.2) is 4.99 Å². The summed E-state index contributed by atoms with van der Waals surface area (Å²) in [6, 6.07) is 0.